The molecule has 0 radical (unpaired) electrons. The van der Waals surface area contributed by atoms with Crippen LogP contribution in [0, 0.1) is 5.92 Å². The molecule has 1 N–H and O–H groups in total. The number of rotatable bonds is 5. The summed E-state index contributed by atoms with van der Waals surface area (Å²) in [4.78, 5) is 32.5. The molecule has 7 heteroatoms. The number of hydrogen-bond acceptors (Lipinski definition) is 5. The van der Waals surface area contributed by atoms with Gasteiger partial charge in [-0.3, -0.25) is 4.79 Å². The van der Waals surface area contributed by atoms with E-state index in [1.54, 1.807) is 6.92 Å². The zero-order valence-electron chi connectivity index (χ0n) is 19.6. The summed E-state index contributed by atoms with van der Waals surface area (Å²) in [6.45, 7) is 4.31. The molecule has 0 bridgehead atoms. The van der Waals surface area contributed by atoms with Gasteiger partial charge >= 0.3 is 5.97 Å². The number of aromatic nitrogens is 1. The fraction of sp³-hybridized carbons (Fsp3) is 0.250. The number of benzene rings is 2. The number of nitrogens with zero attached hydrogens (tertiary/aromatic N) is 1. The Balaban J connectivity index is 1.57. The maximum absolute atomic E-state index is 13.7. The highest BCUT2D eigenvalue weighted by molar-refractivity contribution is 9.10. The fourth-order valence-electron chi connectivity index (χ4n) is 4.56. The van der Waals surface area contributed by atoms with Gasteiger partial charge in [-0.1, -0.05) is 53.2 Å². The highest BCUT2D eigenvalue weighted by atomic mass is 79.9. The molecule has 5 rings (SSSR count). The number of pyridine rings is 1. The van der Waals surface area contributed by atoms with Crippen LogP contribution in [0.1, 0.15) is 51.4 Å². The Labute approximate surface area is 216 Å². The molecule has 2 aromatic carbocycles. The van der Waals surface area contributed by atoms with Gasteiger partial charge in [-0.15, -0.1) is 11.3 Å². The van der Waals surface area contributed by atoms with E-state index in [9.17, 15) is 9.59 Å². The molecule has 0 saturated carbocycles. The molecule has 1 aliphatic carbocycles. The van der Waals surface area contributed by atoms with Gasteiger partial charge in [0.2, 0.25) is 0 Å². The monoisotopic (exact) mass is 548 g/mol. The summed E-state index contributed by atoms with van der Waals surface area (Å²) in [5.41, 5.74) is 4.42. The van der Waals surface area contributed by atoms with Crippen molar-refractivity contribution in [1.29, 1.82) is 0 Å². The Bertz CT molecular complexity index is 1430. The number of thiophene rings is 1. The summed E-state index contributed by atoms with van der Waals surface area (Å²) in [6, 6.07) is 17.3. The van der Waals surface area contributed by atoms with Crippen LogP contribution >= 0.6 is 27.3 Å². The van der Waals surface area contributed by atoms with E-state index in [0.29, 0.717) is 34.3 Å². The van der Waals surface area contributed by atoms with Crippen LogP contribution in [-0.4, -0.2) is 23.5 Å². The molecule has 178 valence electrons. The Morgan fingerprint density at radius 3 is 2.71 bits per heavy atom. The van der Waals surface area contributed by atoms with Gasteiger partial charge in [0.15, 0.2) is 0 Å². The van der Waals surface area contributed by atoms with Gasteiger partial charge in [-0.2, -0.15) is 0 Å². The molecule has 1 amide bonds. The van der Waals surface area contributed by atoms with Crippen molar-refractivity contribution in [2.24, 2.45) is 5.92 Å². The first-order valence-corrected chi connectivity index (χ1v) is 13.3. The number of fused-ring (bicyclic) bond motifs is 2. The Morgan fingerprint density at radius 1 is 1.17 bits per heavy atom. The van der Waals surface area contributed by atoms with Gasteiger partial charge in [0, 0.05) is 20.3 Å². The quantitative estimate of drug-likeness (QED) is 0.266. The maximum atomic E-state index is 13.7. The Kier molecular flexibility index (Phi) is 6.71. The summed E-state index contributed by atoms with van der Waals surface area (Å²) in [5.74, 6) is -0.0819. The molecule has 2 aromatic heterocycles. The van der Waals surface area contributed by atoms with Crippen molar-refractivity contribution in [3.8, 4) is 11.3 Å². The van der Waals surface area contributed by atoms with Crippen LogP contribution in [0.25, 0.3) is 22.2 Å². The smallest absolute Gasteiger partial charge is 0.341 e. The molecular weight excluding hydrogens is 524 g/mol. The summed E-state index contributed by atoms with van der Waals surface area (Å²) in [5, 5.41) is 4.39. The lowest BCUT2D eigenvalue weighted by Gasteiger charge is -2.18. The van der Waals surface area contributed by atoms with Gasteiger partial charge in [0.1, 0.15) is 5.00 Å². The molecule has 0 aliphatic heterocycles. The molecule has 4 aromatic rings. The number of halogens is 1. The number of hydrogen-bond donors (Lipinski definition) is 1. The van der Waals surface area contributed by atoms with Crippen molar-refractivity contribution in [3.63, 3.8) is 0 Å². The minimum absolute atomic E-state index is 0.265. The lowest BCUT2D eigenvalue weighted by atomic mass is 9.88. The predicted octanol–water partition coefficient (Wildman–Crippen LogP) is 7.28. The molecule has 0 spiro atoms. The number of nitrogens with one attached hydrogen (secondary N) is 1. The standard InChI is InChI=1S/C28H25BrN2O3S/c1-3-34-28(33)25-20-13-8-16(2)14-24(20)35-27(25)31-26(32)21-15-23(17-9-11-18(29)12-10-17)30-22-7-5-4-6-19(21)22/h4-7,9-12,15-16H,3,8,13-14H2,1-2H3,(H,31,32). The summed E-state index contributed by atoms with van der Waals surface area (Å²) >= 11 is 4.97. The first-order valence-electron chi connectivity index (χ1n) is 11.7. The molecule has 0 saturated heterocycles. The minimum atomic E-state index is -0.370. The topological polar surface area (TPSA) is 68.3 Å². The van der Waals surface area contributed by atoms with Crippen molar-refractivity contribution in [1.82, 2.24) is 4.98 Å². The largest absolute Gasteiger partial charge is 0.462 e. The van der Waals surface area contributed by atoms with Crippen molar-refractivity contribution in [3.05, 3.63) is 80.6 Å². The van der Waals surface area contributed by atoms with Crippen molar-refractivity contribution in [2.45, 2.75) is 33.1 Å². The third-order valence-electron chi connectivity index (χ3n) is 6.32. The second-order valence-electron chi connectivity index (χ2n) is 8.81. The summed E-state index contributed by atoms with van der Waals surface area (Å²) in [7, 11) is 0. The molecular formula is C28H25BrN2O3S. The van der Waals surface area contributed by atoms with Crippen molar-refractivity contribution >= 4 is 55.0 Å². The molecule has 1 unspecified atom stereocenters. The lowest BCUT2D eigenvalue weighted by molar-refractivity contribution is 0.0526. The number of anilines is 1. The van der Waals surface area contributed by atoms with Crippen molar-refractivity contribution < 1.29 is 14.3 Å². The van der Waals surface area contributed by atoms with E-state index in [4.69, 9.17) is 9.72 Å². The fourth-order valence-corrected chi connectivity index (χ4v) is 6.22. The molecule has 35 heavy (non-hydrogen) atoms. The van der Waals surface area contributed by atoms with E-state index >= 15 is 0 Å². The normalized spacial score (nSPS) is 15.0. The van der Waals surface area contributed by atoms with E-state index < -0.39 is 0 Å². The first-order chi connectivity index (χ1) is 16.9. The van der Waals surface area contributed by atoms with Crippen LogP contribution in [0.3, 0.4) is 0 Å². The molecule has 5 nitrogen and oxygen atoms in total. The third-order valence-corrected chi connectivity index (χ3v) is 8.02. The van der Waals surface area contributed by atoms with E-state index in [-0.39, 0.29) is 11.9 Å². The lowest BCUT2D eigenvalue weighted by Crippen LogP contribution is -2.17. The van der Waals surface area contributed by atoms with Crippen LogP contribution in [0.5, 0.6) is 0 Å². The van der Waals surface area contributed by atoms with Gasteiger partial charge < -0.3 is 10.1 Å². The Hall–Kier alpha value is -3.03. The predicted molar refractivity (Wildman–Crippen MR) is 144 cm³/mol. The number of para-hydroxylation sites is 1. The van der Waals surface area contributed by atoms with Crippen LogP contribution in [0.2, 0.25) is 0 Å². The number of ether oxygens (including phenoxy) is 1. The highest BCUT2D eigenvalue weighted by Crippen LogP contribution is 2.40. The van der Waals surface area contributed by atoms with Crippen molar-refractivity contribution in [2.75, 3.05) is 11.9 Å². The maximum Gasteiger partial charge on any atom is 0.341 e. The number of carbonyl (C=O) groups excluding carboxylic acids is 2. The van der Waals surface area contributed by atoms with Crippen LogP contribution in [-0.2, 0) is 17.6 Å². The Morgan fingerprint density at radius 2 is 1.94 bits per heavy atom. The number of esters is 1. The SMILES string of the molecule is CCOC(=O)c1c(NC(=O)c2cc(-c3ccc(Br)cc3)nc3ccccc23)sc2c1CCC(C)C2. The van der Waals surface area contributed by atoms with Crippen LogP contribution in [0.15, 0.2) is 59.1 Å². The average Bonchev–Trinajstić information content (AvgIpc) is 3.20. The molecule has 1 aliphatic rings. The average molecular weight is 549 g/mol. The zero-order chi connectivity index (χ0) is 24.5. The van der Waals surface area contributed by atoms with Gasteiger partial charge in [-0.25, -0.2) is 9.78 Å². The second kappa shape index (κ2) is 9.91. The third kappa shape index (κ3) is 4.75. The molecule has 0 fully saturated rings. The zero-order valence-corrected chi connectivity index (χ0v) is 22.0. The van der Waals surface area contributed by atoms with E-state index in [1.165, 1.54) is 11.3 Å². The number of carbonyl (C=O) groups is 2. The minimum Gasteiger partial charge on any atom is -0.462 e. The van der Waals surface area contributed by atoms with E-state index in [1.807, 2.05) is 54.6 Å². The van der Waals surface area contributed by atoms with Gasteiger partial charge in [0.25, 0.3) is 5.91 Å². The summed E-state index contributed by atoms with van der Waals surface area (Å²) < 4.78 is 6.34. The highest BCUT2D eigenvalue weighted by Gasteiger charge is 2.29. The summed E-state index contributed by atoms with van der Waals surface area (Å²) in [6.07, 6.45) is 2.76. The van der Waals surface area contributed by atoms with E-state index in [0.717, 1.165) is 50.6 Å². The van der Waals surface area contributed by atoms with Gasteiger partial charge in [-0.05, 0) is 61.9 Å². The van der Waals surface area contributed by atoms with Gasteiger partial charge in [0.05, 0.1) is 28.9 Å². The molecule has 2 heterocycles. The van der Waals surface area contributed by atoms with E-state index in [2.05, 4.69) is 28.2 Å². The number of amides is 1. The first kappa shape index (κ1) is 23.7. The molecule has 1 atom stereocenters. The van der Waals surface area contributed by atoms with Crippen LogP contribution in [0.4, 0.5) is 5.00 Å². The van der Waals surface area contributed by atoms with Crippen LogP contribution < -0.4 is 5.32 Å². The second-order valence-corrected chi connectivity index (χ2v) is 10.8.